The molecule has 4 heteroatoms. The van der Waals surface area contributed by atoms with Crippen LogP contribution in [0.25, 0.3) is 11.1 Å². The lowest BCUT2D eigenvalue weighted by molar-refractivity contribution is 0.0697. The van der Waals surface area contributed by atoms with E-state index in [4.69, 9.17) is 21.4 Å². The van der Waals surface area contributed by atoms with Crippen LogP contribution in [0.1, 0.15) is 21.5 Å². The van der Waals surface area contributed by atoms with Crippen molar-refractivity contribution in [3.05, 3.63) is 52.0 Å². The van der Waals surface area contributed by atoms with Crippen molar-refractivity contribution in [2.24, 2.45) is 0 Å². The van der Waals surface area contributed by atoms with Crippen molar-refractivity contribution in [1.82, 2.24) is 0 Å². The van der Waals surface area contributed by atoms with Gasteiger partial charge in [0.15, 0.2) is 0 Å². The first-order chi connectivity index (χ1) is 9.43. The van der Waals surface area contributed by atoms with E-state index in [9.17, 15) is 4.79 Å². The maximum absolute atomic E-state index is 11.2. The van der Waals surface area contributed by atoms with E-state index in [1.54, 1.807) is 19.2 Å². The molecule has 0 spiro atoms. The number of rotatable bonds is 3. The van der Waals surface area contributed by atoms with E-state index < -0.39 is 5.97 Å². The summed E-state index contributed by atoms with van der Waals surface area (Å²) < 4.78 is 5.28. The second-order valence-electron chi connectivity index (χ2n) is 4.64. The predicted octanol–water partition coefficient (Wildman–Crippen LogP) is 4.33. The molecule has 0 aromatic heterocycles. The first-order valence-electron chi connectivity index (χ1n) is 6.12. The molecule has 20 heavy (non-hydrogen) atoms. The molecule has 0 heterocycles. The van der Waals surface area contributed by atoms with Gasteiger partial charge in [0.05, 0.1) is 17.7 Å². The molecule has 0 aliphatic heterocycles. The van der Waals surface area contributed by atoms with E-state index in [0.29, 0.717) is 0 Å². The molecule has 0 bridgehead atoms. The fourth-order valence-electron chi connectivity index (χ4n) is 2.18. The number of aromatic carboxylic acids is 1. The van der Waals surface area contributed by atoms with Crippen molar-refractivity contribution in [3.8, 4) is 16.9 Å². The number of carboxylic acid groups (broad SMARTS) is 1. The van der Waals surface area contributed by atoms with E-state index in [1.807, 2.05) is 32.0 Å². The number of hydrogen-bond donors (Lipinski definition) is 1. The third-order valence-electron chi connectivity index (χ3n) is 3.25. The van der Waals surface area contributed by atoms with Crippen molar-refractivity contribution in [3.63, 3.8) is 0 Å². The van der Waals surface area contributed by atoms with Gasteiger partial charge in [-0.1, -0.05) is 17.7 Å². The first-order valence-corrected chi connectivity index (χ1v) is 6.50. The van der Waals surface area contributed by atoms with Gasteiger partial charge in [0, 0.05) is 0 Å². The molecule has 0 aliphatic carbocycles. The van der Waals surface area contributed by atoms with Gasteiger partial charge in [0.25, 0.3) is 0 Å². The summed E-state index contributed by atoms with van der Waals surface area (Å²) in [5.41, 5.74) is 3.93. The van der Waals surface area contributed by atoms with Gasteiger partial charge >= 0.3 is 5.97 Å². The van der Waals surface area contributed by atoms with Crippen LogP contribution < -0.4 is 4.74 Å². The van der Waals surface area contributed by atoms with Crippen LogP contribution in [-0.4, -0.2) is 18.2 Å². The van der Waals surface area contributed by atoms with Gasteiger partial charge in [-0.15, -0.1) is 0 Å². The molecule has 0 radical (unpaired) electrons. The average Bonchev–Trinajstić information content (AvgIpc) is 2.41. The fraction of sp³-hybridized carbons (Fsp3) is 0.188. The number of aryl methyl sites for hydroxylation is 2. The Morgan fingerprint density at radius 3 is 2.45 bits per heavy atom. The van der Waals surface area contributed by atoms with Crippen LogP contribution in [0.3, 0.4) is 0 Å². The molecule has 0 saturated heterocycles. The standard InChI is InChI=1S/C16H15ClO3/c1-9-7-15(20-3)10(2)6-12(9)11-4-5-14(17)13(8-11)16(18)19/h4-8H,1-3H3,(H,18,19). The Kier molecular flexibility index (Phi) is 4.00. The number of hydrogen-bond acceptors (Lipinski definition) is 2. The molecule has 104 valence electrons. The third kappa shape index (κ3) is 2.63. The zero-order chi connectivity index (χ0) is 14.9. The molecule has 1 N–H and O–H groups in total. The van der Waals surface area contributed by atoms with Gasteiger partial charge in [-0.3, -0.25) is 0 Å². The SMILES string of the molecule is COc1cc(C)c(-c2ccc(Cl)c(C(=O)O)c2)cc1C. The largest absolute Gasteiger partial charge is 0.496 e. The molecule has 0 unspecified atom stereocenters. The lowest BCUT2D eigenvalue weighted by Crippen LogP contribution is -1.98. The molecule has 0 amide bonds. The van der Waals surface area contributed by atoms with E-state index in [0.717, 1.165) is 28.0 Å². The number of halogens is 1. The number of ether oxygens (including phenoxy) is 1. The summed E-state index contributed by atoms with van der Waals surface area (Å²) >= 11 is 5.90. The summed E-state index contributed by atoms with van der Waals surface area (Å²) in [4.78, 5) is 11.2. The highest BCUT2D eigenvalue weighted by molar-refractivity contribution is 6.33. The summed E-state index contributed by atoms with van der Waals surface area (Å²) in [6, 6.07) is 8.96. The van der Waals surface area contributed by atoms with Gasteiger partial charge < -0.3 is 9.84 Å². The second kappa shape index (κ2) is 5.55. The van der Waals surface area contributed by atoms with E-state index in [1.165, 1.54) is 0 Å². The summed E-state index contributed by atoms with van der Waals surface area (Å²) in [5, 5.41) is 9.38. The number of carbonyl (C=O) groups is 1. The van der Waals surface area contributed by atoms with Gasteiger partial charge in [-0.05, 0) is 60.4 Å². The summed E-state index contributed by atoms with van der Waals surface area (Å²) in [6.07, 6.45) is 0. The van der Waals surface area contributed by atoms with Crippen LogP contribution in [0.15, 0.2) is 30.3 Å². The van der Waals surface area contributed by atoms with Crippen molar-refractivity contribution >= 4 is 17.6 Å². The Labute approximate surface area is 122 Å². The first kappa shape index (κ1) is 14.4. The summed E-state index contributed by atoms with van der Waals surface area (Å²) in [6.45, 7) is 3.92. The van der Waals surface area contributed by atoms with E-state index in [2.05, 4.69) is 0 Å². The molecular weight excluding hydrogens is 276 g/mol. The molecular formula is C16H15ClO3. The Hall–Kier alpha value is -2.00. The smallest absolute Gasteiger partial charge is 0.337 e. The monoisotopic (exact) mass is 290 g/mol. The van der Waals surface area contributed by atoms with Crippen LogP contribution >= 0.6 is 11.6 Å². The molecule has 3 nitrogen and oxygen atoms in total. The predicted molar refractivity (Wildman–Crippen MR) is 79.9 cm³/mol. The maximum atomic E-state index is 11.2. The number of carboxylic acids is 1. The number of methoxy groups -OCH3 is 1. The zero-order valence-electron chi connectivity index (χ0n) is 11.5. The highest BCUT2D eigenvalue weighted by Crippen LogP contribution is 2.32. The van der Waals surface area contributed by atoms with Crippen molar-refractivity contribution < 1.29 is 14.6 Å². The lowest BCUT2D eigenvalue weighted by Gasteiger charge is -2.12. The zero-order valence-corrected chi connectivity index (χ0v) is 12.3. The van der Waals surface area contributed by atoms with Gasteiger partial charge in [0.1, 0.15) is 5.75 Å². The van der Waals surface area contributed by atoms with Gasteiger partial charge in [-0.25, -0.2) is 4.79 Å². The number of benzene rings is 2. The van der Waals surface area contributed by atoms with E-state index in [-0.39, 0.29) is 10.6 Å². The minimum Gasteiger partial charge on any atom is -0.496 e. The Bertz CT molecular complexity index is 678. The van der Waals surface area contributed by atoms with Crippen molar-refractivity contribution in [1.29, 1.82) is 0 Å². The molecule has 2 aromatic carbocycles. The van der Waals surface area contributed by atoms with Crippen LogP contribution in [0, 0.1) is 13.8 Å². The van der Waals surface area contributed by atoms with Crippen LogP contribution in [0.4, 0.5) is 0 Å². The van der Waals surface area contributed by atoms with E-state index >= 15 is 0 Å². The van der Waals surface area contributed by atoms with Crippen molar-refractivity contribution in [2.45, 2.75) is 13.8 Å². The molecule has 2 aromatic rings. The normalized spacial score (nSPS) is 10.4. The third-order valence-corrected chi connectivity index (χ3v) is 3.58. The minimum atomic E-state index is -1.03. The van der Waals surface area contributed by atoms with Crippen LogP contribution in [0.5, 0.6) is 5.75 Å². The minimum absolute atomic E-state index is 0.108. The molecule has 2 rings (SSSR count). The second-order valence-corrected chi connectivity index (χ2v) is 5.04. The van der Waals surface area contributed by atoms with Crippen molar-refractivity contribution in [2.75, 3.05) is 7.11 Å². The summed E-state index contributed by atoms with van der Waals surface area (Å²) in [7, 11) is 1.63. The fourth-order valence-corrected chi connectivity index (χ4v) is 2.38. The Balaban J connectivity index is 2.60. The Morgan fingerprint density at radius 2 is 1.85 bits per heavy atom. The molecule has 0 atom stereocenters. The van der Waals surface area contributed by atoms with Gasteiger partial charge in [-0.2, -0.15) is 0 Å². The summed E-state index contributed by atoms with van der Waals surface area (Å²) in [5.74, 6) is -0.210. The van der Waals surface area contributed by atoms with Crippen LogP contribution in [-0.2, 0) is 0 Å². The topological polar surface area (TPSA) is 46.5 Å². The lowest BCUT2D eigenvalue weighted by atomic mass is 9.96. The molecule has 0 fully saturated rings. The highest BCUT2D eigenvalue weighted by Gasteiger charge is 2.12. The maximum Gasteiger partial charge on any atom is 0.337 e. The quantitative estimate of drug-likeness (QED) is 0.915. The van der Waals surface area contributed by atoms with Crippen LogP contribution in [0.2, 0.25) is 5.02 Å². The molecule has 0 saturated carbocycles. The average molecular weight is 291 g/mol. The highest BCUT2D eigenvalue weighted by atomic mass is 35.5. The Morgan fingerprint density at radius 1 is 1.15 bits per heavy atom. The van der Waals surface area contributed by atoms with Gasteiger partial charge in [0.2, 0.25) is 0 Å². The molecule has 0 aliphatic rings.